The number of benzene rings is 1. The number of H-pyrrole nitrogens is 1. The van der Waals surface area contributed by atoms with Gasteiger partial charge in [-0.25, -0.2) is 0 Å². The van der Waals surface area contributed by atoms with Crippen LogP contribution in [0.25, 0.3) is 11.0 Å². The summed E-state index contributed by atoms with van der Waals surface area (Å²) in [6, 6.07) is 6.24. The molecule has 0 bridgehead atoms. The highest BCUT2D eigenvalue weighted by atomic mass is 35.5. The molecule has 106 valence electrons. The Kier molecular flexibility index (Phi) is 2.71. The van der Waals surface area contributed by atoms with Crippen LogP contribution in [0.1, 0.15) is 17.5 Å². The van der Waals surface area contributed by atoms with Gasteiger partial charge in [0.15, 0.2) is 5.65 Å². The molecule has 0 fully saturated rings. The van der Waals surface area contributed by atoms with Crippen LogP contribution in [0, 0.1) is 0 Å². The number of nitrogens with zero attached hydrogens (tertiary/aromatic N) is 3. The molecule has 0 aliphatic heterocycles. The predicted octanol–water partition coefficient (Wildman–Crippen LogP) is 2.82. The third-order valence-electron chi connectivity index (χ3n) is 3.79. The van der Waals surface area contributed by atoms with E-state index in [0.717, 1.165) is 18.5 Å². The topological polar surface area (TPSA) is 92.5 Å². The van der Waals surface area contributed by atoms with Gasteiger partial charge < -0.3 is 11.1 Å². The SMILES string of the molecule is Nc1[nH]nc2nc(Nc3cccc4c3CCC4)nc(Cl)c12. The molecular weight excluding hydrogens is 288 g/mol. The van der Waals surface area contributed by atoms with Crippen molar-refractivity contribution in [2.24, 2.45) is 0 Å². The average Bonchev–Trinajstić information content (AvgIpc) is 3.06. The first kappa shape index (κ1) is 12.4. The Morgan fingerprint density at radius 1 is 1.24 bits per heavy atom. The lowest BCUT2D eigenvalue weighted by atomic mass is 10.1. The van der Waals surface area contributed by atoms with Crippen molar-refractivity contribution in [3.05, 3.63) is 34.5 Å². The van der Waals surface area contributed by atoms with Gasteiger partial charge in [-0.15, -0.1) is 0 Å². The second kappa shape index (κ2) is 4.60. The molecule has 0 atom stereocenters. The van der Waals surface area contributed by atoms with E-state index in [1.54, 1.807) is 0 Å². The molecule has 4 rings (SSSR count). The molecule has 2 heterocycles. The summed E-state index contributed by atoms with van der Waals surface area (Å²) in [5.41, 5.74) is 9.96. The molecule has 1 aromatic carbocycles. The number of aryl methyl sites for hydroxylation is 1. The van der Waals surface area contributed by atoms with Gasteiger partial charge in [-0.05, 0) is 36.5 Å². The van der Waals surface area contributed by atoms with E-state index in [2.05, 4.69) is 31.5 Å². The molecule has 0 unspecified atom stereocenters. The monoisotopic (exact) mass is 300 g/mol. The number of anilines is 3. The minimum Gasteiger partial charge on any atom is -0.383 e. The maximum absolute atomic E-state index is 6.16. The van der Waals surface area contributed by atoms with E-state index in [1.807, 2.05) is 12.1 Å². The van der Waals surface area contributed by atoms with Crippen molar-refractivity contribution in [1.82, 2.24) is 20.2 Å². The van der Waals surface area contributed by atoms with Crippen molar-refractivity contribution in [1.29, 1.82) is 0 Å². The molecule has 6 nitrogen and oxygen atoms in total. The van der Waals surface area contributed by atoms with Crippen molar-refractivity contribution < 1.29 is 0 Å². The van der Waals surface area contributed by atoms with Gasteiger partial charge in [0.05, 0.1) is 0 Å². The Balaban J connectivity index is 1.77. The van der Waals surface area contributed by atoms with Gasteiger partial charge in [-0.2, -0.15) is 15.1 Å². The minimum absolute atomic E-state index is 0.293. The number of nitrogen functional groups attached to an aromatic ring is 1. The summed E-state index contributed by atoms with van der Waals surface area (Å²) < 4.78 is 0. The number of fused-ring (bicyclic) bond motifs is 2. The van der Waals surface area contributed by atoms with Crippen LogP contribution in [0.3, 0.4) is 0 Å². The summed E-state index contributed by atoms with van der Waals surface area (Å²) in [5.74, 6) is 0.807. The summed E-state index contributed by atoms with van der Waals surface area (Å²) in [6.45, 7) is 0. The fourth-order valence-corrected chi connectivity index (χ4v) is 3.08. The van der Waals surface area contributed by atoms with Crippen LogP contribution < -0.4 is 11.1 Å². The van der Waals surface area contributed by atoms with E-state index in [4.69, 9.17) is 17.3 Å². The highest BCUT2D eigenvalue weighted by Crippen LogP contribution is 2.31. The van der Waals surface area contributed by atoms with Crippen molar-refractivity contribution in [3.8, 4) is 0 Å². The molecule has 0 amide bonds. The Labute approximate surface area is 125 Å². The zero-order valence-corrected chi connectivity index (χ0v) is 11.9. The number of rotatable bonds is 2. The Morgan fingerprint density at radius 3 is 3.05 bits per heavy atom. The molecule has 0 spiro atoms. The Morgan fingerprint density at radius 2 is 2.14 bits per heavy atom. The van der Waals surface area contributed by atoms with Crippen molar-refractivity contribution in [3.63, 3.8) is 0 Å². The van der Waals surface area contributed by atoms with Crippen LogP contribution in [0.15, 0.2) is 18.2 Å². The van der Waals surface area contributed by atoms with Gasteiger partial charge in [0, 0.05) is 5.69 Å². The van der Waals surface area contributed by atoms with Crippen molar-refractivity contribution >= 4 is 40.1 Å². The van der Waals surface area contributed by atoms with Gasteiger partial charge in [-0.3, -0.25) is 5.10 Å². The van der Waals surface area contributed by atoms with E-state index >= 15 is 0 Å². The summed E-state index contributed by atoms with van der Waals surface area (Å²) in [4.78, 5) is 8.61. The van der Waals surface area contributed by atoms with Gasteiger partial charge >= 0.3 is 0 Å². The van der Waals surface area contributed by atoms with E-state index < -0.39 is 0 Å². The van der Waals surface area contributed by atoms with Gasteiger partial charge in [0.2, 0.25) is 5.95 Å². The largest absolute Gasteiger partial charge is 0.383 e. The van der Waals surface area contributed by atoms with Crippen LogP contribution in [0.4, 0.5) is 17.5 Å². The molecule has 1 aliphatic carbocycles. The van der Waals surface area contributed by atoms with Crippen molar-refractivity contribution in [2.75, 3.05) is 11.1 Å². The van der Waals surface area contributed by atoms with Crippen LogP contribution in [0.5, 0.6) is 0 Å². The van der Waals surface area contributed by atoms with Gasteiger partial charge in [-0.1, -0.05) is 23.7 Å². The van der Waals surface area contributed by atoms with Gasteiger partial charge in [0.25, 0.3) is 0 Å². The third-order valence-corrected chi connectivity index (χ3v) is 4.06. The quantitative estimate of drug-likeness (QED) is 0.633. The molecule has 21 heavy (non-hydrogen) atoms. The second-order valence-corrected chi connectivity index (χ2v) is 5.45. The fraction of sp³-hybridized carbons (Fsp3) is 0.214. The van der Waals surface area contributed by atoms with Crippen LogP contribution in [-0.4, -0.2) is 20.2 Å². The first-order valence-corrected chi connectivity index (χ1v) is 7.15. The zero-order chi connectivity index (χ0) is 14.4. The number of aromatic amines is 1. The van der Waals surface area contributed by atoms with E-state index in [-0.39, 0.29) is 0 Å². The van der Waals surface area contributed by atoms with Crippen LogP contribution in [0.2, 0.25) is 5.15 Å². The fourth-order valence-electron chi connectivity index (χ4n) is 2.82. The van der Waals surface area contributed by atoms with Crippen molar-refractivity contribution in [2.45, 2.75) is 19.3 Å². The van der Waals surface area contributed by atoms with E-state index in [9.17, 15) is 0 Å². The number of nitrogens with one attached hydrogen (secondary N) is 2. The number of aromatic nitrogens is 4. The van der Waals surface area contributed by atoms with E-state index in [1.165, 1.54) is 17.5 Å². The molecular formula is C14H13ClN6. The summed E-state index contributed by atoms with van der Waals surface area (Å²) in [7, 11) is 0. The molecule has 0 saturated carbocycles. The molecule has 4 N–H and O–H groups in total. The second-order valence-electron chi connectivity index (χ2n) is 5.10. The van der Waals surface area contributed by atoms with Crippen LogP contribution in [-0.2, 0) is 12.8 Å². The highest BCUT2D eigenvalue weighted by molar-refractivity contribution is 6.35. The molecule has 0 radical (unpaired) electrons. The summed E-state index contributed by atoms with van der Waals surface area (Å²) >= 11 is 6.16. The molecule has 1 aliphatic rings. The van der Waals surface area contributed by atoms with E-state index in [0.29, 0.717) is 28.0 Å². The number of halogens is 1. The average molecular weight is 301 g/mol. The predicted molar refractivity (Wildman–Crippen MR) is 82.9 cm³/mol. The third kappa shape index (κ3) is 1.99. The molecule has 7 heteroatoms. The first-order valence-electron chi connectivity index (χ1n) is 6.77. The number of hydrogen-bond donors (Lipinski definition) is 3. The van der Waals surface area contributed by atoms with Gasteiger partial charge in [0.1, 0.15) is 16.4 Å². The number of hydrogen-bond acceptors (Lipinski definition) is 5. The lowest BCUT2D eigenvalue weighted by molar-refractivity contribution is 0.912. The standard InChI is InChI=1S/C14H13ClN6/c15-11-10-12(16)20-21-13(10)19-14(18-11)17-9-6-2-4-7-3-1-5-8(7)9/h2,4,6H,1,3,5H2,(H4,16,17,18,19,20,21). The summed E-state index contributed by atoms with van der Waals surface area (Å²) in [6.07, 6.45) is 3.38. The maximum atomic E-state index is 6.16. The minimum atomic E-state index is 0.293. The lowest BCUT2D eigenvalue weighted by Crippen LogP contribution is -2.01. The zero-order valence-electron chi connectivity index (χ0n) is 11.2. The maximum Gasteiger partial charge on any atom is 0.230 e. The lowest BCUT2D eigenvalue weighted by Gasteiger charge is -2.10. The number of nitrogens with two attached hydrogens (primary N) is 1. The van der Waals surface area contributed by atoms with Crippen LogP contribution >= 0.6 is 11.6 Å². The molecule has 0 saturated heterocycles. The Bertz CT molecular complexity index is 841. The molecule has 2 aromatic heterocycles. The Hall–Kier alpha value is -2.34. The highest BCUT2D eigenvalue weighted by Gasteiger charge is 2.16. The first-order chi connectivity index (χ1) is 10.2. The smallest absolute Gasteiger partial charge is 0.230 e. The normalized spacial score (nSPS) is 13.6. The molecule has 3 aromatic rings. The summed E-state index contributed by atoms with van der Waals surface area (Å²) in [5, 5.41) is 10.8.